The van der Waals surface area contributed by atoms with E-state index in [0.29, 0.717) is 0 Å². The maximum absolute atomic E-state index is 4.25. The van der Waals surface area contributed by atoms with E-state index in [9.17, 15) is 0 Å². The Hall–Kier alpha value is -0.780. The van der Waals surface area contributed by atoms with Gasteiger partial charge in [-0.05, 0) is 26.1 Å². The van der Waals surface area contributed by atoms with Crippen molar-refractivity contribution in [1.82, 2.24) is 14.1 Å². The van der Waals surface area contributed by atoms with Gasteiger partial charge in [0.25, 0.3) is 0 Å². The summed E-state index contributed by atoms with van der Waals surface area (Å²) in [5, 5.41) is 3.25. The van der Waals surface area contributed by atoms with E-state index >= 15 is 0 Å². The largest absolute Gasteiger partial charge is 0.307 e. The summed E-state index contributed by atoms with van der Waals surface area (Å²) in [6.45, 7) is 2.11. The standard InChI is InChI=1S/C9H11N3S2/c1-6-3-4-8(13-6)9(10-2)7-5-11-14-12-7/h3-5,9-10H,1-2H3. The van der Waals surface area contributed by atoms with E-state index in [1.54, 1.807) is 11.3 Å². The van der Waals surface area contributed by atoms with Crippen molar-refractivity contribution in [3.05, 3.63) is 33.8 Å². The van der Waals surface area contributed by atoms with E-state index < -0.39 is 0 Å². The van der Waals surface area contributed by atoms with Gasteiger partial charge in [-0.25, -0.2) is 0 Å². The zero-order valence-electron chi connectivity index (χ0n) is 8.02. The van der Waals surface area contributed by atoms with Crippen molar-refractivity contribution < 1.29 is 0 Å². The molecule has 2 aromatic rings. The summed E-state index contributed by atoms with van der Waals surface area (Å²) in [6, 6.07) is 4.46. The smallest absolute Gasteiger partial charge is 0.0965 e. The molecule has 2 rings (SSSR count). The van der Waals surface area contributed by atoms with Crippen LogP contribution in [-0.4, -0.2) is 15.8 Å². The summed E-state index contributed by atoms with van der Waals surface area (Å²) in [4.78, 5) is 2.61. The maximum Gasteiger partial charge on any atom is 0.0965 e. The van der Waals surface area contributed by atoms with Crippen LogP contribution in [-0.2, 0) is 0 Å². The average Bonchev–Trinajstić information content (AvgIpc) is 2.79. The normalized spacial score (nSPS) is 13.0. The molecule has 0 aliphatic carbocycles. The third kappa shape index (κ3) is 1.84. The number of hydrogen-bond donors (Lipinski definition) is 1. The fourth-order valence-electron chi connectivity index (χ4n) is 1.34. The van der Waals surface area contributed by atoms with Gasteiger partial charge in [-0.1, -0.05) is 0 Å². The zero-order valence-corrected chi connectivity index (χ0v) is 9.65. The molecule has 0 spiro atoms. The van der Waals surface area contributed by atoms with Crippen molar-refractivity contribution >= 4 is 23.1 Å². The highest BCUT2D eigenvalue weighted by Crippen LogP contribution is 2.26. The van der Waals surface area contributed by atoms with Crippen LogP contribution in [0.15, 0.2) is 18.3 Å². The molecule has 74 valence electrons. The molecule has 0 saturated carbocycles. The second-order valence-corrected chi connectivity index (χ2v) is 4.88. The van der Waals surface area contributed by atoms with Crippen molar-refractivity contribution in [2.45, 2.75) is 13.0 Å². The van der Waals surface area contributed by atoms with Gasteiger partial charge in [0.1, 0.15) is 0 Å². The van der Waals surface area contributed by atoms with Gasteiger partial charge in [0.05, 0.1) is 29.7 Å². The minimum absolute atomic E-state index is 0.187. The second kappa shape index (κ2) is 4.16. The van der Waals surface area contributed by atoms with Crippen LogP contribution in [0.5, 0.6) is 0 Å². The van der Waals surface area contributed by atoms with Crippen LogP contribution in [0, 0.1) is 6.92 Å². The van der Waals surface area contributed by atoms with Gasteiger partial charge in [-0.15, -0.1) is 11.3 Å². The van der Waals surface area contributed by atoms with E-state index in [2.05, 4.69) is 33.1 Å². The predicted molar refractivity (Wildman–Crippen MR) is 59.9 cm³/mol. The predicted octanol–water partition coefficient (Wildman–Crippen LogP) is 2.22. The third-order valence-corrected chi connectivity index (χ3v) is 3.57. The molecule has 0 amide bonds. The van der Waals surface area contributed by atoms with Crippen molar-refractivity contribution in [3.63, 3.8) is 0 Å². The van der Waals surface area contributed by atoms with Gasteiger partial charge < -0.3 is 5.32 Å². The first-order valence-corrected chi connectivity index (χ1v) is 5.87. The van der Waals surface area contributed by atoms with Crippen molar-refractivity contribution in [2.75, 3.05) is 7.05 Å². The highest BCUT2D eigenvalue weighted by Gasteiger charge is 2.15. The summed E-state index contributed by atoms with van der Waals surface area (Å²) in [7, 11) is 1.94. The van der Waals surface area contributed by atoms with E-state index in [1.165, 1.54) is 21.5 Å². The fourth-order valence-corrected chi connectivity index (χ4v) is 2.79. The summed E-state index contributed by atoms with van der Waals surface area (Å²) >= 11 is 3.04. The number of aromatic nitrogens is 2. The van der Waals surface area contributed by atoms with Crippen LogP contribution in [0.1, 0.15) is 21.5 Å². The first kappa shape index (κ1) is 9.76. The van der Waals surface area contributed by atoms with Gasteiger partial charge in [-0.2, -0.15) is 8.75 Å². The molecular formula is C9H11N3S2. The summed E-state index contributed by atoms with van der Waals surface area (Å²) < 4.78 is 8.27. The Bertz CT molecular complexity index is 394. The van der Waals surface area contributed by atoms with E-state index in [-0.39, 0.29) is 6.04 Å². The van der Waals surface area contributed by atoms with Crippen LogP contribution in [0.25, 0.3) is 0 Å². The lowest BCUT2D eigenvalue weighted by atomic mass is 10.2. The molecule has 2 aromatic heterocycles. The molecular weight excluding hydrogens is 214 g/mol. The molecule has 0 radical (unpaired) electrons. The van der Waals surface area contributed by atoms with Crippen LogP contribution < -0.4 is 5.32 Å². The molecule has 5 heteroatoms. The van der Waals surface area contributed by atoms with Crippen LogP contribution in [0.3, 0.4) is 0 Å². The zero-order chi connectivity index (χ0) is 9.97. The van der Waals surface area contributed by atoms with Crippen molar-refractivity contribution in [2.24, 2.45) is 0 Å². The molecule has 0 aliphatic heterocycles. The molecule has 0 fully saturated rings. The number of nitrogens with zero attached hydrogens (tertiary/aromatic N) is 2. The molecule has 1 N–H and O–H groups in total. The average molecular weight is 225 g/mol. The Morgan fingerprint density at radius 1 is 1.43 bits per heavy atom. The Labute approximate surface area is 91.1 Å². The quantitative estimate of drug-likeness (QED) is 0.870. The topological polar surface area (TPSA) is 37.8 Å². The van der Waals surface area contributed by atoms with Crippen LogP contribution >= 0.6 is 23.1 Å². The number of aryl methyl sites for hydroxylation is 1. The van der Waals surface area contributed by atoms with E-state index in [1.807, 2.05) is 13.2 Å². The summed E-state index contributed by atoms with van der Waals surface area (Å²) in [5.74, 6) is 0. The Morgan fingerprint density at radius 2 is 2.29 bits per heavy atom. The van der Waals surface area contributed by atoms with Crippen LogP contribution in [0.2, 0.25) is 0 Å². The molecule has 0 saturated heterocycles. The fraction of sp³-hybridized carbons (Fsp3) is 0.333. The highest BCUT2D eigenvalue weighted by atomic mass is 32.1. The number of hydrogen-bond acceptors (Lipinski definition) is 5. The highest BCUT2D eigenvalue weighted by molar-refractivity contribution is 7.12. The Balaban J connectivity index is 2.31. The molecule has 0 aromatic carbocycles. The van der Waals surface area contributed by atoms with Gasteiger partial charge in [0, 0.05) is 9.75 Å². The summed E-state index contributed by atoms with van der Waals surface area (Å²) in [6.07, 6.45) is 1.82. The SMILES string of the molecule is CNC(c1cnsn1)c1ccc(C)s1. The lowest BCUT2D eigenvalue weighted by molar-refractivity contribution is 0.689. The molecule has 1 unspecified atom stereocenters. The Morgan fingerprint density at radius 3 is 2.79 bits per heavy atom. The van der Waals surface area contributed by atoms with Gasteiger partial charge in [0.15, 0.2) is 0 Å². The van der Waals surface area contributed by atoms with Crippen molar-refractivity contribution in [1.29, 1.82) is 0 Å². The molecule has 1 atom stereocenters. The van der Waals surface area contributed by atoms with Gasteiger partial charge in [0.2, 0.25) is 0 Å². The minimum Gasteiger partial charge on any atom is -0.307 e. The lowest BCUT2D eigenvalue weighted by Crippen LogP contribution is -2.16. The van der Waals surface area contributed by atoms with E-state index in [0.717, 1.165) is 5.69 Å². The molecule has 14 heavy (non-hydrogen) atoms. The first-order chi connectivity index (χ1) is 6.81. The number of thiophene rings is 1. The number of rotatable bonds is 3. The monoisotopic (exact) mass is 225 g/mol. The summed E-state index contributed by atoms with van der Waals surface area (Å²) in [5.41, 5.74) is 0.999. The third-order valence-electron chi connectivity index (χ3n) is 2.01. The van der Waals surface area contributed by atoms with Crippen molar-refractivity contribution in [3.8, 4) is 0 Å². The minimum atomic E-state index is 0.187. The van der Waals surface area contributed by atoms with Gasteiger partial charge >= 0.3 is 0 Å². The number of nitrogens with one attached hydrogen (secondary N) is 1. The lowest BCUT2D eigenvalue weighted by Gasteiger charge is -2.10. The van der Waals surface area contributed by atoms with Crippen LogP contribution in [0.4, 0.5) is 0 Å². The molecule has 0 aliphatic rings. The maximum atomic E-state index is 4.25. The molecule has 3 nitrogen and oxygen atoms in total. The molecule has 2 heterocycles. The van der Waals surface area contributed by atoms with Gasteiger partial charge in [-0.3, -0.25) is 0 Å². The Kier molecular flexibility index (Phi) is 2.90. The second-order valence-electron chi connectivity index (χ2n) is 3.00. The first-order valence-electron chi connectivity index (χ1n) is 4.32. The molecule has 0 bridgehead atoms. The van der Waals surface area contributed by atoms with E-state index in [4.69, 9.17) is 0 Å².